The zero-order valence-electron chi connectivity index (χ0n) is 11.4. The average Bonchev–Trinajstić information content (AvgIpc) is 2.49. The molecule has 112 valence electrons. The number of rotatable bonds is 5. The molecule has 0 amide bonds. The largest absolute Gasteiger partial charge is 0.381 e. The molecule has 0 saturated heterocycles. The van der Waals surface area contributed by atoms with Crippen LogP contribution in [0.25, 0.3) is 0 Å². The van der Waals surface area contributed by atoms with Gasteiger partial charge in [-0.15, -0.1) is 0 Å². The number of halogens is 2. The molecule has 21 heavy (non-hydrogen) atoms. The smallest absolute Gasteiger partial charge is 0.178 e. The molecule has 0 aliphatic carbocycles. The fourth-order valence-corrected chi connectivity index (χ4v) is 2.71. The minimum absolute atomic E-state index is 0.0360. The number of sulfone groups is 1. The van der Waals surface area contributed by atoms with Gasteiger partial charge in [0.1, 0.15) is 0 Å². The summed E-state index contributed by atoms with van der Waals surface area (Å²) in [5.41, 5.74) is 0.842. The van der Waals surface area contributed by atoms with Crippen LogP contribution in [0.15, 0.2) is 47.4 Å². The van der Waals surface area contributed by atoms with E-state index in [-0.39, 0.29) is 22.8 Å². The van der Waals surface area contributed by atoms with Gasteiger partial charge in [0, 0.05) is 17.8 Å². The summed E-state index contributed by atoms with van der Waals surface area (Å²) in [4.78, 5) is 0.243. The van der Waals surface area contributed by atoms with Crippen LogP contribution in [0.2, 0.25) is 0 Å². The van der Waals surface area contributed by atoms with Crippen LogP contribution < -0.4 is 5.32 Å². The third-order valence-corrected chi connectivity index (χ3v) is 4.86. The van der Waals surface area contributed by atoms with Crippen molar-refractivity contribution in [3.8, 4) is 0 Å². The monoisotopic (exact) mass is 311 g/mol. The molecule has 2 aromatic carbocycles. The lowest BCUT2D eigenvalue weighted by Crippen LogP contribution is -2.05. The third-order valence-electron chi connectivity index (χ3n) is 3.11. The molecule has 2 rings (SSSR count). The summed E-state index contributed by atoms with van der Waals surface area (Å²) in [6.07, 6.45) is 0. The van der Waals surface area contributed by atoms with E-state index in [2.05, 4.69) is 5.32 Å². The summed E-state index contributed by atoms with van der Waals surface area (Å²) in [6, 6.07) is 10.2. The maximum atomic E-state index is 13.5. The first-order valence-corrected chi connectivity index (χ1v) is 8.09. The molecule has 1 N–H and O–H groups in total. The Morgan fingerprint density at radius 3 is 2.33 bits per heavy atom. The molecule has 3 nitrogen and oxygen atoms in total. The van der Waals surface area contributed by atoms with E-state index in [9.17, 15) is 17.2 Å². The Hall–Kier alpha value is -1.95. The number of nitrogens with one attached hydrogen (secondary N) is 1. The fourth-order valence-electron chi connectivity index (χ4n) is 1.83. The number of anilines is 1. The van der Waals surface area contributed by atoms with Gasteiger partial charge in [0.05, 0.1) is 10.6 Å². The van der Waals surface area contributed by atoms with E-state index in [1.54, 1.807) is 19.1 Å². The molecule has 0 spiro atoms. The molecule has 0 atom stereocenters. The van der Waals surface area contributed by atoms with Crippen LogP contribution in [0.5, 0.6) is 0 Å². The Morgan fingerprint density at radius 2 is 1.71 bits per heavy atom. The van der Waals surface area contributed by atoms with Gasteiger partial charge in [0.2, 0.25) is 0 Å². The van der Waals surface area contributed by atoms with Crippen molar-refractivity contribution in [1.82, 2.24) is 0 Å². The van der Waals surface area contributed by atoms with Crippen molar-refractivity contribution in [2.45, 2.75) is 18.4 Å². The van der Waals surface area contributed by atoms with Gasteiger partial charge in [-0.3, -0.25) is 0 Å². The Morgan fingerprint density at radius 1 is 1.05 bits per heavy atom. The van der Waals surface area contributed by atoms with Crippen molar-refractivity contribution in [1.29, 1.82) is 0 Å². The lowest BCUT2D eigenvalue weighted by Gasteiger charge is -2.09. The summed E-state index contributed by atoms with van der Waals surface area (Å²) >= 11 is 0. The van der Waals surface area contributed by atoms with E-state index in [1.807, 2.05) is 0 Å². The van der Waals surface area contributed by atoms with Gasteiger partial charge in [-0.25, -0.2) is 17.2 Å². The normalized spacial score (nSPS) is 11.4. The van der Waals surface area contributed by atoms with Crippen LogP contribution in [0.4, 0.5) is 14.5 Å². The highest BCUT2D eigenvalue weighted by atomic mass is 32.2. The zero-order chi connectivity index (χ0) is 15.5. The average molecular weight is 311 g/mol. The Balaban J connectivity index is 2.09. The summed E-state index contributed by atoms with van der Waals surface area (Å²) in [6.45, 7) is 1.69. The van der Waals surface area contributed by atoms with E-state index in [0.29, 0.717) is 5.69 Å². The lowest BCUT2D eigenvalue weighted by atomic mass is 10.2. The van der Waals surface area contributed by atoms with Crippen molar-refractivity contribution in [2.24, 2.45) is 0 Å². The van der Waals surface area contributed by atoms with E-state index < -0.39 is 21.5 Å². The summed E-state index contributed by atoms with van der Waals surface area (Å²) in [7, 11) is -3.23. The fraction of sp³-hybridized carbons (Fsp3) is 0.200. The Labute approximate surface area is 122 Å². The van der Waals surface area contributed by atoms with E-state index in [0.717, 1.165) is 6.07 Å². The van der Waals surface area contributed by atoms with Gasteiger partial charge in [0.25, 0.3) is 0 Å². The second-order valence-electron chi connectivity index (χ2n) is 4.49. The van der Waals surface area contributed by atoms with Crippen LogP contribution in [0, 0.1) is 11.6 Å². The SMILES string of the molecule is CCS(=O)(=O)c1ccc(NCc2cccc(F)c2F)cc1. The zero-order valence-corrected chi connectivity index (χ0v) is 12.3. The highest BCUT2D eigenvalue weighted by Crippen LogP contribution is 2.17. The van der Waals surface area contributed by atoms with Crippen molar-refractivity contribution < 1.29 is 17.2 Å². The predicted molar refractivity (Wildman–Crippen MR) is 77.9 cm³/mol. The molecule has 0 radical (unpaired) electrons. The van der Waals surface area contributed by atoms with Crippen molar-refractivity contribution >= 4 is 15.5 Å². The van der Waals surface area contributed by atoms with E-state index in [4.69, 9.17) is 0 Å². The summed E-state index contributed by atoms with van der Waals surface area (Å²) in [5.74, 6) is -1.73. The number of benzene rings is 2. The second-order valence-corrected chi connectivity index (χ2v) is 6.77. The molecule has 0 heterocycles. The molecule has 0 unspecified atom stereocenters. The third kappa shape index (κ3) is 3.58. The molecule has 0 fully saturated rings. The predicted octanol–water partition coefficient (Wildman–Crippen LogP) is 3.37. The molecule has 0 bridgehead atoms. The molecule has 0 aliphatic rings. The minimum atomic E-state index is -3.23. The standard InChI is InChI=1S/C15H15F2NO2S/c1-2-21(19,20)13-8-6-12(7-9-13)18-10-11-4-3-5-14(16)15(11)17/h3-9,18H,2,10H2,1H3. The topological polar surface area (TPSA) is 46.2 Å². The molecule has 6 heteroatoms. The van der Waals surface area contributed by atoms with Gasteiger partial charge in [-0.2, -0.15) is 0 Å². The highest BCUT2D eigenvalue weighted by molar-refractivity contribution is 7.91. The molecule has 0 aromatic heterocycles. The van der Waals surface area contributed by atoms with Crippen LogP contribution >= 0.6 is 0 Å². The summed E-state index contributed by atoms with van der Waals surface area (Å²) < 4.78 is 49.9. The first-order chi connectivity index (χ1) is 9.94. The Bertz CT molecular complexity index is 728. The van der Waals surface area contributed by atoms with Gasteiger partial charge < -0.3 is 5.32 Å². The number of hydrogen-bond donors (Lipinski definition) is 1. The van der Waals surface area contributed by atoms with Gasteiger partial charge in [0.15, 0.2) is 21.5 Å². The molecular weight excluding hydrogens is 296 g/mol. The molecule has 0 saturated carbocycles. The summed E-state index contributed by atoms with van der Waals surface area (Å²) in [5, 5.41) is 2.92. The van der Waals surface area contributed by atoms with Crippen molar-refractivity contribution in [3.63, 3.8) is 0 Å². The van der Waals surface area contributed by atoms with Crippen LogP contribution in [0.1, 0.15) is 12.5 Å². The Kier molecular flexibility index (Phi) is 4.57. The van der Waals surface area contributed by atoms with E-state index >= 15 is 0 Å². The first kappa shape index (κ1) is 15.4. The van der Waals surface area contributed by atoms with Gasteiger partial charge in [-0.05, 0) is 30.3 Å². The lowest BCUT2D eigenvalue weighted by molar-refractivity contribution is 0.500. The quantitative estimate of drug-likeness (QED) is 0.921. The molecular formula is C15H15F2NO2S. The maximum absolute atomic E-state index is 13.5. The van der Waals surface area contributed by atoms with Gasteiger partial charge >= 0.3 is 0 Å². The first-order valence-electron chi connectivity index (χ1n) is 6.43. The van der Waals surface area contributed by atoms with E-state index in [1.165, 1.54) is 24.3 Å². The number of hydrogen-bond acceptors (Lipinski definition) is 3. The molecule has 2 aromatic rings. The highest BCUT2D eigenvalue weighted by Gasteiger charge is 2.11. The van der Waals surface area contributed by atoms with Gasteiger partial charge in [-0.1, -0.05) is 19.1 Å². The minimum Gasteiger partial charge on any atom is -0.381 e. The van der Waals surface area contributed by atoms with Crippen LogP contribution in [0.3, 0.4) is 0 Å². The maximum Gasteiger partial charge on any atom is 0.178 e. The molecule has 0 aliphatic heterocycles. The van der Waals surface area contributed by atoms with Crippen molar-refractivity contribution in [3.05, 3.63) is 59.7 Å². The second kappa shape index (κ2) is 6.22. The van der Waals surface area contributed by atoms with Crippen molar-refractivity contribution in [2.75, 3.05) is 11.1 Å². The van der Waals surface area contributed by atoms with Crippen LogP contribution in [-0.2, 0) is 16.4 Å². The van der Waals surface area contributed by atoms with Crippen LogP contribution in [-0.4, -0.2) is 14.2 Å².